The van der Waals surface area contributed by atoms with Crippen LogP contribution in [0.5, 0.6) is 0 Å². The van der Waals surface area contributed by atoms with Gasteiger partial charge in [0.2, 0.25) is 0 Å². The van der Waals surface area contributed by atoms with Crippen molar-refractivity contribution < 1.29 is 35.9 Å². The lowest BCUT2D eigenvalue weighted by molar-refractivity contribution is -0.143. The average Bonchev–Trinajstić information content (AvgIpc) is 3.79. The Morgan fingerprint density at radius 3 is 1.98 bits per heavy atom. The SMILES string of the molecule is O=C(c1cccs1)N1CCC(N2CCN(C3CCN(C(=O)c4cc(C(F)(F)F)cc(C(F)(F)F)c4)C(Cc4ccc(Cl)c(Cl)c4)C3)CC2)C1. The molecule has 264 valence electrons. The number of likely N-dealkylation sites (tertiary alicyclic amines) is 2. The molecule has 3 aromatic rings. The first-order chi connectivity index (χ1) is 23.2. The molecule has 2 amide bonds. The summed E-state index contributed by atoms with van der Waals surface area (Å²) in [5, 5.41) is 2.53. The number of benzene rings is 2. The van der Waals surface area contributed by atoms with Gasteiger partial charge in [-0.05, 0) is 73.0 Å². The molecule has 3 unspecified atom stereocenters. The Kier molecular flexibility index (Phi) is 10.6. The number of amides is 2. The fraction of sp³-hybridized carbons (Fsp3) is 0.471. The number of hydrogen-bond donors (Lipinski definition) is 0. The molecule has 1 aromatic heterocycles. The second kappa shape index (κ2) is 14.4. The summed E-state index contributed by atoms with van der Waals surface area (Å²) in [4.78, 5) is 35.5. The minimum atomic E-state index is -5.07. The Hall–Kier alpha value is -2.84. The minimum absolute atomic E-state index is 0.0283. The fourth-order valence-corrected chi connectivity index (χ4v) is 8.26. The summed E-state index contributed by atoms with van der Waals surface area (Å²) in [7, 11) is 0. The Bertz CT molecular complexity index is 1630. The number of piperazine rings is 1. The van der Waals surface area contributed by atoms with E-state index < -0.39 is 41.0 Å². The third kappa shape index (κ3) is 8.22. The second-order valence-corrected chi connectivity index (χ2v) is 14.6. The molecule has 4 heterocycles. The van der Waals surface area contributed by atoms with Gasteiger partial charge in [0.1, 0.15) is 0 Å². The van der Waals surface area contributed by atoms with E-state index in [2.05, 4.69) is 9.80 Å². The molecule has 0 saturated carbocycles. The molecule has 6 nitrogen and oxygen atoms in total. The molecule has 15 heteroatoms. The van der Waals surface area contributed by atoms with Crippen LogP contribution in [0.2, 0.25) is 10.0 Å². The number of hydrogen-bond acceptors (Lipinski definition) is 5. The van der Waals surface area contributed by atoms with Gasteiger partial charge in [-0.15, -0.1) is 11.3 Å². The molecule has 6 rings (SSSR count). The van der Waals surface area contributed by atoms with Crippen LogP contribution in [-0.2, 0) is 18.8 Å². The number of carbonyl (C=O) groups is 2. The van der Waals surface area contributed by atoms with Gasteiger partial charge in [-0.2, -0.15) is 26.3 Å². The molecule has 0 aliphatic carbocycles. The van der Waals surface area contributed by atoms with E-state index in [1.165, 1.54) is 16.2 Å². The smallest absolute Gasteiger partial charge is 0.336 e. The van der Waals surface area contributed by atoms with Gasteiger partial charge in [0.05, 0.1) is 26.0 Å². The van der Waals surface area contributed by atoms with Crippen LogP contribution in [0.25, 0.3) is 0 Å². The summed E-state index contributed by atoms with van der Waals surface area (Å²) in [6.07, 6.45) is -7.96. The van der Waals surface area contributed by atoms with E-state index in [1.807, 2.05) is 22.4 Å². The first kappa shape index (κ1) is 36.0. The Morgan fingerprint density at radius 1 is 0.755 bits per heavy atom. The quantitative estimate of drug-likeness (QED) is 0.241. The van der Waals surface area contributed by atoms with Crippen LogP contribution in [0.3, 0.4) is 0 Å². The summed E-state index contributed by atoms with van der Waals surface area (Å²) < 4.78 is 81.8. The summed E-state index contributed by atoms with van der Waals surface area (Å²) in [5.41, 5.74) is -2.97. The zero-order chi connectivity index (χ0) is 35.1. The number of carbonyl (C=O) groups excluding carboxylic acids is 2. The third-order valence-electron chi connectivity index (χ3n) is 9.80. The number of rotatable bonds is 6. The van der Waals surface area contributed by atoms with Crippen LogP contribution >= 0.6 is 34.5 Å². The molecule has 49 heavy (non-hydrogen) atoms. The Labute approximate surface area is 294 Å². The number of thiophene rings is 1. The van der Waals surface area contributed by atoms with Gasteiger partial charge in [0, 0.05) is 69.5 Å². The molecule has 3 atom stereocenters. The standard InChI is InChI=1S/C34H34Cl2F6N4O2S/c35-28-4-3-21(15-29(28)36)14-27-19-25(6-8-46(27)31(47)22-16-23(33(37,38)39)18-24(17-22)34(40,41)42)43-9-11-44(12-10-43)26-5-7-45(20-26)32(48)30-2-1-13-49-30/h1-4,13,15-18,25-27H,5-12,14,19-20H2. The van der Waals surface area contributed by atoms with Crippen LogP contribution in [0, 0.1) is 0 Å². The zero-order valence-electron chi connectivity index (χ0n) is 26.2. The van der Waals surface area contributed by atoms with Crippen molar-refractivity contribution in [3.05, 3.63) is 91.1 Å². The third-order valence-corrected chi connectivity index (χ3v) is 11.4. The molecule has 0 N–H and O–H groups in total. The van der Waals surface area contributed by atoms with Crippen molar-refractivity contribution in [1.29, 1.82) is 0 Å². The van der Waals surface area contributed by atoms with Crippen LogP contribution in [0.1, 0.15) is 56.0 Å². The lowest BCUT2D eigenvalue weighted by atomic mass is 9.90. The molecule has 0 spiro atoms. The van der Waals surface area contributed by atoms with E-state index in [1.54, 1.807) is 18.2 Å². The van der Waals surface area contributed by atoms with Gasteiger partial charge in [-0.25, -0.2) is 0 Å². The predicted molar refractivity (Wildman–Crippen MR) is 176 cm³/mol. The maximum absolute atomic E-state index is 13.8. The molecular weight excluding hydrogens is 713 g/mol. The second-order valence-electron chi connectivity index (χ2n) is 12.8. The molecule has 3 fully saturated rings. The van der Waals surface area contributed by atoms with Crippen molar-refractivity contribution in [2.45, 2.75) is 56.2 Å². The van der Waals surface area contributed by atoms with Crippen LogP contribution in [0.4, 0.5) is 26.3 Å². The van der Waals surface area contributed by atoms with Crippen LogP contribution < -0.4 is 0 Å². The highest BCUT2D eigenvalue weighted by atomic mass is 35.5. The highest BCUT2D eigenvalue weighted by Crippen LogP contribution is 2.38. The van der Waals surface area contributed by atoms with E-state index >= 15 is 0 Å². The predicted octanol–water partition coefficient (Wildman–Crippen LogP) is 7.84. The molecule has 3 aliphatic rings. The van der Waals surface area contributed by atoms with Gasteiger partial charge in [-0.3, -0.25) is 19.4 Å². The lowest BCUT2D eigenvalue weighted by Gasteiger charge is -2.47. The van der Waals surface area contributed by atoms with Crippen LogP contribution in [-0.4, -0.2) is 95.4 Å². The summed E-state index contributed by atoms with van der Waals surface area (Å²) in [5.74, 6) is -0.821. The highest BCUT2D eigenvalue weighted by molar-refractivity contribution is 7.12. The van der Waals surface area contributed by atoms with Gasteiger partial charge >= 0.3 is 12.4 Å². The van der Waals surface area contributed by atoms with Crippen molar-refractivity contribution in [3.63, 3.8) is 0 Å². The number of alkyl halides is 6. The normalized spacial score (nSPS) is 22.9. The molecule has 0 bridgehead atoms. The first-order valence-corrected chi connectivity index (χ1v) is 17.7. The van der Waals surface area contributed by atoms with Gasteiger partial charge in [0.15, 0.2) is 0 Å². The monoisotopic (exact) mass is 746 g/mol. The van der Waals surface area contributed by atoms with Crippen molar-refractivity contribution in [1.82, 2.24) is 19.6 Å². The lowest BCUT2D eigenvalue weighted by Crippen LogP contribution is -2.58. The van der Waals surface area contributed by atoms with E-state index in [0.717, 1.165) is 43.0 Å². The molecule has 0 radical (unpaired) electrons. The van der Waals surface area contributed by atoms with Gasteiger partial charge in [-0.1, -0.05) is 35.3 Å². The molecule has 3 saturated heterocycles. The van der Waals surface area contributed by atoms with E-state index in [0.29, 0.717) is 54.5 Å². The van der Waals surface area contributed by atoms with Gasteiger partial charge < -0.3 is 9.80 Å². The summed E-state index contributed by atoms with van der Waals surface area (Å²) in [6.45, 7) is 4.66. The number of nitrogens with zero attached hydrogens (tertiary/aromatic N) is 4. The molecular formula is C34H34Cl2F6N4O2S. The Balaban J connectivity index is 1.16. The van der Waals surface area contributed by atoms with Crippen molar-refractivity contribution in [2.24, 2.45) is 0 Å². The minimum Gasteiger partial charge on any atom is -0.336 e. The highest BCUT2D eigenvalue weighted by Gasteiger charge is 2.41. The van der Waals surface area contributed by atoms with Crippen molar-refractivity contribution in [2.75, 3.05) is 45.8 Å². The summed E-state index contributed by atoms with van der Waals surface area (Å²) in [6, 6.07) is 9.56. The fourth-order valence-electron chi connectivity index (χ4n) is 7.25. The molecule has 3 aliphatic heterocycles. The van der Waals surface area contributed by atoms with Crippen molar-refractivity contribution in [3.8, 4) is 0 Å². The average molecular weight is 748 g/mol. The van der Waals surface area contributed by atoms with Gasteiger partial charge in [0.25, 0.3) is 11.8 Å². The maximum Gasteiger partial charge on any atom is 0.416 e. The zero-order valence-corrected chi connectivity index (χ0v) is 28.6. The van der Waals surface area contributed by atoms with E-state index in [4.69, 9.17) is 23.2 Å². The van der Waals surface area contributed by atoms with E-state index in [9.17, 15) is 35.9 Å². The summed E-state index contributed by atoms with van der Waals surface area (Å²) >= 11 is 13.8. The maximum atomic E-state index is 13.8. The number of halogens is 8. The first-order valence-electron chi connectivity index (χ1n) is 16.0. The number of piperidine rings is 1. The Morgan fingerprint density at radius 2 is 1.39 bits per heavy atom. The van der Waals surface area contributed by atoms with Crippen LogP contribution in [0.15, 0.2) is 53.9 Å². The largest absolute Gasteiger partial charge is 0.416 e. The molecule has 2 aromatic carbocycles. The van der Waals surface area contributed by atoms with Crippen molar-refractivity contribution >= 4 is 46.4 Å². The topological polar surface area (TPSA) is 47.1 Å². The van der Waals surface area contributed by atoms with E-state index in [-0.39, 0.29) is 30.6 Å².